The van der Waals surface area contributed by atoms with Crippen LogP contribution in [0.5, 0.6) is 0 Å². The van der Waals surface area contributed by atoms with Crippen LogP contribution in [0.4, 0.5) is 5.69 Å². The summed E-state index contributed by atoms with van der Waals surface area (Å²) in [4.78, 5) is 26.5. The van der Waals surface area contributed by atoms with Crippen LogP contribution in [0.15, 0.2) is 42.5 Å². The Hall–Kier alpha value is -2.88. The normalized spacial score (nSPS) is 16.0. The molecule has 1 aliphatic rings. The lowest BCUT2D eigenvalue weighted by atomic mass is 10.0. The van der Waals surface area contributed by atoms with Crippen molar-refractivity contribution < 1.29 is 9.59 Å². The standard InChI is InChI=1S/C20H18N2O2/c1-11(23)13-3-5-17-15(7-13)9-19(21-17)20-10-16-8-14(12(2)24)4-6-18(16)22-20/h3-9,20-22H,10H2,1-2H3/t20-/m0/s1. The first-order valence-electron chi connectivity index (χ1n) is 8.05. The Bertz CT molecular complexity index is 984. The van der Waals surface area contributed by atoms with Crippen LogP contribution in [-0.4, -0.2) is 16.6 Å². The highest BCUT2D eigenvalue weighted by molar-refractivity contribution is 5.98. The van der Waals surface area contributed by atoms with Crippen molar-refractivity contribution in [2.75, 3.05) is 5.32 Å². The molecule has 1 aliphatic heterocycles. The third-order valence-corrected chi connectivity index (χ3v) is 4.69. The predicted octanol–water partition coefficient (Wildman–Crippen LogP) is 4.28. The highest BCUT2D eigenvalue weighted by Crippen LogP contribution is 2.35. The third-order valence-electron chi connectivity index (χ3n) is 4.69. The molecule has 1 atom stereocenters. The van der Waals surface area contributed by atoms with Crippen LogP contribution in [-0.2, 0) is 6.42 Å². The SMILES string of the molecule is CC(=O)c1ccc2c(c1)C[C@@H](c1cc3cc(C(C)=O)ccc3[nH]1)N2. The molecule has 4 rings (SSSR count). The molecule has 24 heavy (non-hydrogen) atoms. The zero-order valence-electron chi connectivity index (χ0n) is 13.6. The molecule has 0 bridgehead atoms. The molecule has 2 aromatic carbocycles. The summed E-state index contributed by atoms with van der Waals surface area (Å²) in [5.74, 6) is 0.159. The van der Waals surface area contributed by atoms with Gasteiger partial charge in [0.15, 0.2) is 11.6 Å². The van der Waals surface area contributed by atoms with Gasteiger partial charge in [-0.2, -0.15) is 0 Å². The maximum absolute atomic E-state index is 11.5. The van der Waals surface area contributed by atoms with Crippen LogP contribution in [0.2, 0.25) is 0 Å². The van der Waals surface area contributed by atoms with Gasteiger partial charge in [0.25, 0.3) is 0 Å². The number of aromatic amines is 1. The van der Waals surface area contributed by atoms with Gasteiger partial charge in [-0.1, -0.05) is 0 Å². The molecule has 120 valence electrons. The Morgan fingerprint density at radius 1 is 0.958 bits per heavy atom. The van der Waals surface area contributed by atoms with Gasteiger partial charge in [0.1, 0.15) is 0 Å². The number of aromatic nitrogens is 1. The number of carbonyl (C=O) groups is 2. The summed E-state index contributed by atoms with van der Waals surface area (Å²) in [6.45, 7) is 3.17. The molecule has 3 aromatic rings. The molecule has 0 saturated heterocycles. The maximum atomic E-state index is 11.5. The van der Waals surface area contributed by atoms with E-state index >= 15 is 0 Å². The number of H-pyrrole nitrogens is 1. The van der Waals surface area contributed by atoms with Gasteiger partial charge in [-0.05, 0) is 61.9 Å². The molecular formula is C20H18N2O2. The van der Waals surface area contributed by atoms with Crippen molar-refractivity contribution in [2.45, 2.75) is 26.3 Å². The fraction of sp³-hybridized carbons (Fsp3) is 0.200. The number of Topliss-reactive ketones (excluding diaryl/α,β-unsaturated/α-hetero) is 2. The molecule has 0 amide bonds. The fourth-order valence-electron chi connectivity index (χ4n) is 3.33. The lowest BCUT2D eigenvalue weighted by Crippen LogP contribution is -2.05. The molecule has 0 radical (unpaired) electrons. The van der Waals surface area contributed by atoms with Crippen molar-refractivity contribution in [1.82, 2.24) is 4.98 Å². The zero-order chi connectivity index (χ0) is 16.8. The van der Waals surface area contributed by atoms with Crippen LogP contribution in [0.3, 0.4) is 0 Å². The molecule has 4 heteroatoms. The predicted molar refractivity (Wildman–Crippen MR) is 94.8 cm³/mol. The van der Waals surface area contributed by atoms with Crippen LogP contribution in [0.25, 0.3) is 10.9 Å². The summed E-state index contributed by atoms with van der Waals surface area (Å²) < 4.78 is 0. The topological polar surface area (TPSA) is 62.0 Å². The Morgan fingerprint density at radius 2 is 1.67 bits per heavy atom. The average molecular weight is 318 g/mol. The zero-order valence-corrected chi connectivity index (χ0v) is 13.6. The van der Waals surface area contributed by atoms with Crippen LogP contribution in [0, 0.1) is 0 Å². The molecule has 0 aliphatic carbocycles. The van der Waals surface area contributed by atoms with E-state index in [0.29, 0.717) is 0 Å². The number of hydrogen-bond acceptors (Lipinski definition) is 3. The number of carbonyl (C=O) groups excluding carboxylic acids is 2. The van der Waals surface area contributed by atoms with E-state index in [1.54, 1.807) is 13.8 Å². The van der Waals surface area contributed by atoms with Crippen molar-refractivity contribution in [1.29, 1.82) is 0 Å². The van der Waals surface area contributed by atoms with Gasteiger partial charge in [0.2, 0.25) is 0 Å². The van der Waals surface area contributed by atoms with Gasteiger partial charge >= 0.3 is 0 Å². The molecule has 2 N–H and O–H groups in total. The molecule has 4 nitrogen and oxygen atoms in total. The molecule has 1 aromatic heterocycles. The van der Waals surface area contributed by atoms with Gasteiger partial charge < -0.3 is 10.3 Å². The lowest BCUT2D eigenvalue weighted by molar-refractivity contribution is 0.100. The maximum Gasteiger partial charge on any atom is 0.159 e. The Kier molecular flexibility index (Phi) is 3.27. The summed E-state index contributed by atoms with van der Waals surface area (Å²) in [7, 11) is 0. The van der Waals surface area contributed by atoms with E-state index in [1.807, 2.05) is 36.4 Å². The fourth-order valence-corrected chi connectivity index (χ4v) is 3.33. The van der Waals surface area contributed by atoms with Gasteiger partial charge in [0.05, 0.1) is 6.04 Å². The van der Waals surface area contributed by atoms with Gasteiger partial charge in [-0.3, -0.25) is 9.59 Å². The number of rotatable bonds is 3. The smallest absolute Gasteiger partial charge is 0.159 e. The van der Waals surface area contributed by atoms with Gasteiger partial charge in [-0.15, -0.1) is 0 Å². The highest BCUT2D eigenvalue weighted by atomic mass is 16.1. The van der Waals surface area contributed by atoms with Crippen LogP contribution < -0.4 is 5.32 Å². The van der Waals surface area contributed by atoms with E-state index in [0.717, 1.165) is 45.4 Å². The quantitative estimate of drug-likeness (QED) is 0.708. The highest BCUT2D eigenvalue weighted by Gasteiger charge is 2.24. The van der Waals surface area contributed by atoms with E-state index in [9.17, 15) is 9.59 Å². The second-order valence-electron chi connectivity index (χ2n) is 6.41. The monoisotopic (exact) mass is 318 g/mol. The summed E-state index contributed by atoms with van der Waals surface area (Å²) in [5, 5.41) is 4.55. The lowest BCUT2D eigenvalue weighted by Gasteiger charge is -2.08. The van der Waals surface area contributed by atoms with Crippen molar-refractivity contribution in [2.24, 2.45) is 0 Å². The molecule has 0 unspecified atom stereocenters. The largest absolute Gasteiger partial charge is 0.376 e. The minimum atomic E-state index is 0.0720. The second kappa shape index (κ2) is 5.34. The van der Waals surface area contributed by atoms with Crippen LogP contribution >= 0.6 is 0 Å². The molecule has 0 fully saturated rings. The second-order valence-corrected chi connectivity index (χ2v) is 6.41. The summed E-state index contributed by atoms with van der Waals surface area (Å²) in [6, 6.07) is 13.8. The van der Waals surface area contributed by atoms with E-state index in [-0.39, 0.29) is 17.6 Å². The Labute approximate surface area is 139 Å². The summed E-state index contributed by atoms with van der Waals surface area (Å²) in [5.41, 5.74) is 5.83. The van der Waals surface area contributed by atoms with Gasteiger partial charge in [0, 0.05) is 39.8 Å². The van der Waals surface area contributed by atoms with Gasteiger partial charge in [-0.25, -0.2) is 0 Å². The average Bonchev–Trinajstić information content (AvgIpc) is 3.16. The van der Waals surface area contributed by atoms with Crippen molar-refractivity contribution in [3.8, 4) is 0 Å². The van der Waals surface area contributed by atoms with E-state index in [2.05, 4.69) is 16.4 Å². The Balaban J connectivity index is 1.66. The third kappa shape index (κ3) is 2.40. The summed E-state index contributed by atoms with van der Waals surface area (Å²) in [6.07, 6.45) is 0.836. The van der Waals surface area contributed by atoms with Crippen molar-refractivity contribution in [3.05, 3.63) is 64.8 Å². The number of nitrogens with one attached hydrogen (secondary N) is 2. The minimum absolute atomic E-state index is 0.0720. The Morgan fingerprint density at radius 3 is 2.42 bits per heavy atom. The molecule has 0 saturated carbocycles. The number of anilines is 1. The minimum Gasteiger partial charge on any atom is -0.376 e. The molecular weight excluding hydrogens is 300 g/mol. The first-order chi connectivity index (χ1) is 11.5. The first kappa shape index (κ1) is 14.7. The number of hydrogen-bond donors (Lipinski definition) is 2. The van der Waals surface area contributed by atoms with E-state index in [1.165, 1.54) is 0 Å². The van der Waals surface area contributed by atoms with Crippen molar-refractivity contribution >= 4 is 28.2 Å². The molecule has 2 heterocycles. The molecule has 0 spiro atoms. The van der Waals surface area contributed by atoms with Crippen molar-refractivity contribution in [3.63, 3.8) is 0 Å². The van der Waals surface area contributed by atoms with E-state index in [4.69, 9.17) is 0 Å². The summed E-state index contributed by atoms with van der Waals surface area (Å²) >= 11 is 0. The number of ketones is 2. The van der Waals surface area contributed by atoms with Crippen LogP contribution in [0.1, 0.15) is 51.9 Å². The van der Waals surface area contributed by atoms with E-state index < -0.39 is 0 Å². The number of fused-ring (bicyclic) bond motifs is 2. The first-order valence-corrected chi connectivity index (χ1v) is 8.05. The number of benzene rings is 2.